The highest BCUT2D eigenvalue weighted by Gasteiger charge is 2.32. The van der Waals surface area contributed by atoms with E-state index < -0.39 is 27.7 Å². The Bertz CT molecular complexity index is 943. The molecule has 1 aliphatic rings. The van der Waals surface area contributed by atoms with Gasteiger partial charge in [0.2, 0.25) is 15.9 Å². The molecule has 3 rings (SSSR count). The van der Waals surface area contributed by atoms with Crippen LogP contribution in [0.2, 0.25) is 0 Å². The summed E-state index contributed by atoms with van der Waals surface area (Å²) in [7, 11) is -3.57. The lowest BCUT2D eigenvalue weighted by atomic mass is 9.96. The Morgan fingerprint density at radius 2 is 1.75 bits per heavy atom. The van der Waals surface area contributed by atoms with Crippen LogP contribution in [0.1, 0.15) is 31.4 Å². The van der Waals surface area contributed by atoms with Gasteiger partial charge in [-0.25, -0.2) is 17.2 Å². The molecule has 8 heteroatoms. The summed E-state index contributed by atoms with van der Waals surface area (Å²) < 4.78 is 53.6. The lowest BCUT2D eigenvalue weighted by Gasteiger charge is -2.31. The first-order valence-corrected chi connectivity index (χ1v) is 10.5. The Morgan fingerprint density at radius 3 is 2.36 bits per heavy atom. The molecule has 150 valence electrons. The minimum atomic E-state index is -3.57. The van der Waals surface area contributed by atoms with Crippen LogP contribution >= 0.6 is 0 Å². The number of carbonyl (C=O) groups excluding carboxylic acids is 1. The molecular weight excluding hydrogens is 386 g/mol. The normalized spacial score (nSPS) is 17.2. The van der Waals surface area contributed by atoms with Crippen molar-refractivity contribution >= 4 is 15.9 Å². The summed E-state index contributed by atoms with van der Waals surface area (Å²) in [5.74, 6) is -2.00. The van der Waals surface area contributed by atoms with E-state index in [0.717, 1.165) is 12.1 Å². The summed E-state index contributed by atoms with van der Waals surface area (Å²) in [6.07, 6.45) is 0.771. The number of halogens is 2. The van der Waals surface area contributed by atoms with E-state index in [0.29, 0.717) is 12.8 Å². The smallest absolute Gasteiger partial charge is 0.243 e. The number of sulfonamides is 1. The van der Waals surface area contributed by atoms with Gasteiger partial charge in [-0.2, -0.15) is 4.31 Å². The van der Waals surface area contributed by atoms with Crippen LogP contribution in [0.25, 0.3) is 0 Å². The zero-order valence-electron chi connectivity index (χ0n) is 15.4. The third-order valence-corrected chi connectivity index (χ3v) is 6.91. The average Bonchev–Trinajstić information content (AvgIpc) is 2.68. The zero-order chi connectivity index (χ0) is 20.3. The first-order valence-electron chi connectivity index (χ1n) is 9.09. The second-order valence-corrected chi connectivity index (χ2v) is 8.83. The molecule has 1 saturated heterocycles. The molecule has 1 N–H and O–H groups in total. The lowest BCUT2D eigenvalue weighted by Crippen LogP contribution is -2.43. The molecule has 1 aliphatic heterocycles. The second kappa shape index (κ2) is 8.36. The van der Waals surface area contributed by atoms with E-state index in [-0.39, 0.29) is 35.4 Å². The van der Waals surface area contributed by atoms with E-state index in [1.54, 1.807) is 37.3 Å². The van der Waals surface area contributed by atoms with Gasteiger partial charge in [0, 0.05) is 30.6 Å². The van der Waals surface area contributed by atoms with Crippen LogP contribution in [-0.4, -0.2) is 31.7 Å². The number of carbonyl (C=O) groups is 1. The number of nitrogens with zero attached hydrogens (tertiary/aromatic N) is 1. The van der Waals surface area contributed by atoms with Gasteiger partial charge in [-0.3, -0.25) is 4.79 Å². The topological polar surface area (TPSA) is 66.5 Å². The number of amides is 1. The van der Waals surface area contributed by atoms with Crippen molar-refractivity contribution in [3.8, 4) is 0 Å². The number of hydrogen-bond acceptors (Lipinski definition) is 3. The molecule has 2 aromatic carbocycles. The average molecular weight is 408 g/mol. The van der Waals surface area contributed by atoms with Gasteiger partial charge in [-0.1, -0.05) is 24.3 Å². The molecule has 2 aromatic rings. The van der Waals surface area contributed by atoms with Crippen LogP contribution in [0.3, 0.4) is 0 Å². The fourth-order valence-corrected chi connectivity index (χ4v) is 4.85. The molecule has 5 nitrogen and oxygen atoms in total. The monoisotopic (exact) mass is 408 g/mol. The maximum atomic E-state index is 13.9. The summed E-state index contributed by atoms with van der Waals surface area (Å²) in [5, 5.41) is 2.74. The van der Waals surface area contributed by atoms with Crippen molar-refractivity contribution in [1.82, 2.24) is 9.62 Å². The Labute approximate surface area is 163 Å². The highest BCUT2D eigenvalue weighted by Crippen LogP contribution is 2.25. The Hall–Kier alpha value is -2.32. The summed E-state index contributed by atoms with van der Waals surface area (Å²) in [6, 6.07) is 10.8. The van der Waals surface area contributed by atoms with Gasteiger partial charge in [0.25, 0.3) is 0 Å². The van der Waals surface area contributed by atoms with Gasteiger partial charge in [-0.05, 0) is 38.0 Å². The molecule has 0 spiro atoms. The van der Waals surface area contributed by atoms with Crippen molar-refractivity contribution in [3.63, 3.8) is 0 Å². The van der Waals surface area contributed by atoms with E-state index in [4.69, 9.17) is 0 Å². The molecule has 1 heterocycles. The standard InChI is InChI=1S/C20H22F2N2O3S/c1-14(18-8-7-16(21)13-19(18)22)23-20(25)15-9-11-24(12-10-15)28(26,27)17-5-3-2-4-6-17/h2-8,13-15H,9-12H2,1H3,(H,23,25). The van der Waals surface area contributed by atoms with E-state index in [9.17, 15) is 22.0 Å². The maximum absolute atomic E-state index is 13.9. The highest BCUT2D eigenvalue weighted by atomic mass is 32.2. The molecule has 0 aromatic heterocycles. The summed E-state index contributed by atoms with van der Waals surface area (Å²) in [4.78, 5) is 12.7. The molecule has 0 aliphatic carbocycles. The predicted octanol–water partition coefficient (Wildman–Crippen LogP) is 3.24. The van der Waals surface area contributed by atoms with Crippen molar-refractivity contribution in [2.45, 2.75) is 30.7 Å². The van der Waals surface area contributed by atoms with E-state index in [1.807, 2.05) is 0 Å². The van der Waals surface area contributed by atoms with Crippen molar-refractivity contribution in [1.29, 1.82) is 0 Å². The first-order chi connectivity index (χ1) is 13.3. The zero-order valence-corrected chi connectivity index (χ0v) is 16.3. The molecule has 0 saturated carbocycles. The van der Waals surface area contributed by atoms with Crippen LogP contribution in [0.5, 0.6) is 0 Å². The Morgan fingerprint density at radius 1 is 1.11 bits per heavy atom. The van der Waals surface area contributed by atoms with Crippen LogP contribution in [0.15, 0.2) is 53.4 Å². The van der Waals surface area contributed by atoms with E-state index in [1.165, 1.54) is 10.4 Å². The number of benzene rings is 2. The lowest BCUT2D eigenvalue weighted by molar-refractivity contribution is -0.126. The maximum Gasteiger partial charge on any atom is 0.243 e. The SMILES string of the molecule is CC(NC(=O)C1CCN(S(=O)(=O)c2ccccc2)CC1)c1ccc(F)cc1F. The van der Waals surface area contributed by atoms with Crippen molar-refractivity contribution < 1.29 is 22.0 Å². The van der Waals surface area contributed by atoms with Crippen LogP contribution < -0.4 is 5.32 Å². The molecule has 1 unspecified atom stereocenters. The van der Waals surface area contributed by atoms with Gasteiger partial charge < -0.3 is 5.32 Å². The van der Waals surface area contributed by atoms with Crippen LogP contribution in [0.4, 0.5) is 8.78 Å². The third-order valence-electron chi connectivity index (χ3n) is 4.99. The number of rotatable bonds is 5. The van der Waals surface area contributed by atoms with E-state index in [2.05, 4.69) is 5.32 Å². The number of nitrogens with one attached hydrogen (secondary N) is 1. The van der Waals surface area contributed by atoms with Crippen LogP contribution in [0, 0.1) is 17.6 Å². The number of hydrogen-bond donors (Lipinski definition) is 1. The van der Waals surface area contributed by atoms with Gasteiger partial charge in [0.05, 0.1) is 10.9 Å². The molecule has 1 fully saturated rings. The summed E-state index contributed by atoms with van der Waals surface area (Å²) in [6.45, 7) is 2.12. The van der Waals surface area contributed by atoms with Crippen molar-refractivity contribution in [3.05, 3.63) is 65.7 Å². The molecule has 0 bridgehead atoms. The quantitative estimate of drug-likeness (QED) is 0.826. The van der Waals surface area contributed by atoms with E-state index >= 15 is 0 Å². The van der Waals surface area contributed by atoms with Crippen molar-refractivity contribution in [2.24, 2.45) is 5.92 Å². The third kappa shape index (κ3) is 4.39. The Kier molecular flexibility index (Phi) is 6.10. The van der Waals surface area contributed by atoms with Gasteiger partial charge >= 0.3 is 0 Å². The number of piperidine rings is 1. The highest BCUT2D eigenvalue weighted by molar-refractivity contribution is 7.89. The van der Waals surface area contributed by atoms with Gasteiger partial charge in [0.15, 0.2) is 0 Å². The van der Waals surface area contributed by atoms with Gasteiger partial charge in [-0.15, -0.1) is 0 Å². The Balaban J connectivity index is 1.59. The summed E-state index contributed by atoms with van der Waals surface area (Å²) >= 11 is 0. The predicted molar refractivity (Wildman–Crippen MR) is 101 cm³/mol. The van der Waals surface area contributed by atoms with Crippen molar-refractivity contribution in [2.75, 3.05) is 13.1 Å². The molecule has 0 radical (unpaired) electrons. The minimum Gasteiger partial charge on any atom is -0.349 e. The molecule has 28 heavy (non-hydrogen) atoms. The summed E-state index contributed by atoms with van der Waals surface area (Å²) in [5.41, 5.74) is 0.207. The largest absolute Gasteiger partial charge is 0.349 e. The van der Waals surface area contributed by atoms with Crippen LogP contribution in [-0.2, 0) is 14.8 Å². The fourth-order valence-electron chi connectivity index (χ4n) is 3.36. The van der Waals surface area contributed by atoms with Gasteiger partial charge in [0.1, 0.15) is 11.6 Å². The fraction of sp³-hybridized carbons (Fsp3) is 0.350. The minimum absolute atomic E-state index is 0.207. The molecule has 1 atom stereocenters. The second-order valence-electron chi connectivity index (χ2n) is 6.89. The molecule has 1 amide bonds. The first kappa shape index (κ1) is 20.4. The molecular formula is C20H22F2N2O3S.